The van der Waals surface area contributed by atoms with Gasteiger partial charge in [0.05, 0.1) is 21.6 Å². The minimum absolute atomic E-state index is 0.0323. The fourth-order valence-corrected chi connectivity index (χ4v) is 10.4. The number of allylic oxidation sites excluding steroid dienone is 1. The Balaban J connectivity index is 0.959. The number of hydrogen-bond donors (Lipinski definition) is 3. The Kier molecular flexibility index (Phi) is 14.3. The number of nitro groups is 1. The highest BCUT2D eigenvalue weighted by molar-refractivity contribution is 7.90. The van der Waals surface area contributed by atoms with E-state index in [1.807, 2.05) is 18.2 Å². The zero-order chi connectivity index (χ0) is 46.6. The first-order valence-corrected chi connectivity index (χ1v) is 24.7. The van der Waals surface area contributed by atoms with E-state index in [-0.39, 0.29) is 22.4 Å². The molecule has 66 heavy (non-hydrogen) atoms. The molecular formula is C49H60ClN9O6S. The van der Waals surface area contributed by atoms with E-state index in [9.17, 15) is 23.3 Å². The molecule has 0 bridgehead atoms. The third-order valence-corrected chi connectivity index (χ3v) is 14.7. The summed E-state index contributed by atoms with van der Waals surface area (Å²) in [5, 5.41) is 16.8. The van der Waals surface area contributed by atoms with Crippen molar-refractivity contribution in [1.82, 2.24) is 29.4 Å². The molecular weight excluding hydrogens is 878 g/mol. The Hall–Kier alpha value is -5.52. The molecule has 0 radical (unpaired) electrons. The van der Waals surface area contributed by atoms with Crippen LogP contribution in [0.5, 0.6) is 11.5 Å². The zero-order valence-electron chi connectivity index (χ0n) is 38.2. The lowest BCUT2D eigenvalue weighted by atomic mass is 9.73. The summed E-state index contributed by atoms with van der Waals surface area (Å²) in [4.78, 5) is 42.2. The summed E-state index contributed by atoms with van der Waals surface area (Å²) < 4.78 is 36.0. The lowest BCUT2D eigenvalue weighted by molar-refractivity contribution is -0.384. The highest BCUT2D eigenvalue weighted by Gasteiger charge is 2.31. The number of piperazine rings is 2. The minimum atomic E-state index is -4.56. The Bertz CT molecular complexity index is 2690. The standard InChI is InChI=1S/C49H60ClN9O6S/c1-34(2)57-24-20-55(21-25-57)19-5-17-51-44-13-11-41(30-45(44)59(61)62)66(63,64)54-48(60)43-12-10-39(29-46(43)65-40-28-36-15-18-52-47(36)53-32-40)58-26-22-56(23-27-58)33-37-31-49(3,4)16-14-42(37)35-6-8-38(50)9-7-35/h6-13,15,18,28-30,32,34,51H,5,14,16-17,19-27,31,33H2,1-4H3,(H,52,53)(H,54,60). The second kappa shape index (κ2) is 20.1. The van der Waals surface area contributed by atoms with E-state index in [1.54, 1.807) is 30.5 Å². The lowest BCUT2D eigenvalue weighted by Gasteiger charge is -2.39. The number of aromatic nitrogens is 2. The molecule has 2 aromatic heterocycles. The lowest BCUT2D eigenvalue weighted by Crippen LogP contribution is -2.49. The molecule has 0 atom stereocenters. The number of benzene rings is 3. The summed E-state index contributed by atoms with van der Waals surface area (Å²) >= 11 is 6.24. The van der Waals surface area contributed by atoms with Gasteiger partial charge in [0, 0.05) is 106 Å². The zero-order valence-corrected chi connectivity index (χ0v) is 39.8. The number of carbonyl (C=O) groups excluding carboxylic acids is 1. The van der Waals surface area contributed by atoms with E-state index in [0.717, 1.165) is 113 Å². The highest BCUT2D eigenvalue weighted by Crippen LogP contribution is 2.43. The van der Waals surface area contributed by atoms with Crippen molar-refractivity contribution in [3.8, 4) is 11.5 Å². The monoisotopic (exact) mass is 937 g/mol. The van der Waals surface area contributed by atoms with Gasteiger partial charge < -0.3 is 24.8 Å². The van der Waals surface area contributed by atoms with Gasteiger partial charge >= 0.3 is 0 Å². The van der Waals surface area contributed by atoms with Crippen molar-refractivity contribution in [3.63, 3.8) is 0 Å². The number of anilines is 2. The minimum Gasteiger partial charge on any atom is -0.455 e. The van der Waals surface area contributed by atoms with Crippen LogP contribution in [0.25, 0.3) is 16.6 Å². The van der Waals surface area contributed by atoms with E-state index in [0.29, 0.717) is 24.0 Å². The maximum Gasteiger partial charge on any atom is 0.293 e. The summed E-state index contributed by atoms with van der Waals surface area (Å²) in [7, 11) is -4.56. The Morgan fingerprint density at radius 3 is 2.42 bits per heavy atom. The first-order valence-electron chi connectivity index (χ1n) is 22.9. The van der Waals surface area contributed by atoms with Crippen LogP contribution in [0.1, 0.15) is 69.3 Å². The third-order valence-electron chi connectivity index (χ3n) is 13.1. The molecule has 3 aromatic carbocycles. The second-order valence-electron chi connectivity index (χ2n) is 18.7. The number of pyridine rings is 1. The summed E-state index contributed by atoms with van der Waals surface area (Å²) in [5.41, 5.74) is 5.58. The van der Waals surface area contributed by atoms with Crippen molar-refractivity contribution in [2.45, 2.75) is 64.3 Å². The van der Waals surface area contributed by atoms with E-state index < -0.39 is 31.4 Å². The molecule has 2 aliphatic heterocycles. The average molecular weight is 939 g/mol. The number of sulfonamides is 1. The second-order valence-corrected chi connectivity index (χ2v) is 20.8. The highest BCUT2D eigenvalue weighted by atomic mass is 35.5. The summed E-state index contributed by atoms with van der Waals surface area (Å²) in [6.45, 7) is 18.3. The molecule has 4 heterocycles. The van der Waals surface area contributed by atoms with Gasteiger partial charge in [-0.15, -0.1) is 0 Å². The van der Waals surface area contributed by atoms with Gasteiger partial charge in [-0.2, -0.15) is 0 Å². The van der Waals surface area contributed by atoms with Gasteiger partial charge in [0.25, 0.3) is 21.6 Å². The fraction of sp³-hybridized carbons (Fsp3) is 0.429. The Morgan fingerprint density at radius 2 is 1.70 bits per heavy atom. The fourth-order valence-electron chi connectivity index (χ4n) is 9.32. The molecule has 15 nitrogen and oxygen atoms in total. The number of fused-ring (bicyclic) bond motifs is 1. The molecule has 0 unspecified atom stereocenters. The molecule has 1 aliphatic carbocycles. The van der Waals surface area contributed by atoms with Gasteiger partial charge in [0.1, 0.15) is 22.8 Å². The van der Waals surface area contributed by atoms with Crippen molar-refractivity contribution in [3.05, 3.63) is 117 Å². The molecule has 3 aliphatic rings. The van der Waals surface area contributed by atoms with Gasteiger partial charge in [-0.25, -0.2) is 18.1 Å². The predicted molar refractivity (Wildman–Crippen MR) is 261 cm³/mol. The van der Waals surface area contributed by atoms with Gasteiger partial charge in [-0.05, 0) is 111 Å². The Morgan fingerprint density at radius 1 is 0.955 bits per heavy atom. The number of halogens is 1. The smallest absolute Gasteiger partial charge is 0.293 e. The number of hydrogen-bond acceptors (Lipinski definition) is 12. The van der Waals surface area contributed by atoms with Crippen LogP contribution in [0, 0.1) is 15.5 Å². The van der Waals surface area contributed by atoms with Crippen LogP contribution in [0.2, 0.25) is 5.02 Å². The van der Waals surface area contributed by atoms with Crippen LogP contribution in [-0.2, 0) is 10.0 Å². The summed E-state index contributed by atoms with van der Waals surface area (Å²) in [6.07, 6.45) is 7.25. The third kappa shape index (κ3) is 11.3. The normalized spacial score (nSPS) is 17.6. The molecule has 0 spiro atoms. The molecule has 2 fully saturated rings. The van der Waals surface area contributed by atoms with Crippen molar-refractivity contribution in [2.75, 3.05) is 82.2 Å². The van der Waals surface area contributed by atoms with E-state index >= 15 is 0 Å². The quantitative estimate of drug-likeness (QED) is 0.0490. The molecule has 8 rings (SSSR count). The maximum absolute atomic E-state index is 14.0. The molecule has 3 N–H and O–H groups in total. The van der Waals surface area contributed by atoms with Gasteiger partial charge in [-0.1, -0.05) is 43.2 Å². The van der Waals surface area contributed by atoms with Crippen molar-refractivity contribution < 1.29 is 22.9 Å². The predicted octanol–water partition coefficient (Wildman–Crippen LogP) is 8.65. The van der Waals surface area contributed by atoms with Crippen LogP contribution in [0.15, 0.2) is 95.7 Å². The number of carbonyl (C=O) groups is 1. The number of nitrogens with zero attached hydrogens (tertiary/aromatic N) is 6. The van der Waals surface area contributed by atoms with E-state index in [1.165, 1.54) is 35.0 Å². The number of nitrogens with one attached hydrogen (secondary N) is 3. The molecule has 5 aromatic rings. The Labute approximate surface area is 392 Å². The van der Waals surface area contributed by atoms with Gasteiger partial charge in [0.15, 0.2) is 0 Å². The number of ether oxygens (including phenoxy) is 1. The average Bonchev–Trinajstić information content (AvgIpc) is 3.76. The number of nitro benzene ring substituents is 1. The molecule has 0 saturated carbocycles. The maximum atomic E-state index is 14.0. The first-order chi connectivity index (χ1) is 31.6. The van der Waals surface area contributed by atoms with Crippen LogP contribution < -0.4 is 19.7 Å². The number of amides is 1. The van der Waals surface area contributed by atoms with E-state index in [2.05, 4.69) is 79.4 Å². The topological polar surface area (TPSA) is 169 Å². The first kappa shape index (κ1) is 47.0. The molecule has 17 heteroatoms. The van der Waals surface area contributed by atoms with Gasteiger partial charge in [0.2, 0.25) is 0 Å². The number of aromatic amines is 1. The largest absolute Gasteiger partial charge is 0.455 e. The summed E-state index contributed by atoms with van der Waals surface area (Å²) in [5.74, 6) is -0.460. The van der Waals surface area contributed by atoms with Crippen LogP contribution in [0.3, 0.4) is 0 Å². The SMILES string of the molecule is CC(C)N1CCN(CCCNc2ccc(S(=O)(=O)NC(=O)c3ccc(N4CCN(CC5=C(c6ccc(Cl)cc6)CCC(C)(C)C5)CC4)cc3Oc3cnc4[nH]ccc4c3)cc2[N+](=O)[O-])CC1. The molecule has 2 saturated heterocycles. The van der Waals surface area contributed by atoms with Crippen LogP contribution in [0.4, 0.5) is 17.1 Å². The number of H-pyrrole nitrogens is 1. The van der Waals surface area contributed by atoms with Crippen LogP contribution >= 0.6 is 11.6 Å². The van der Waals surface area contributed by atoms with Crippen LogP contribution in [-0.4, -0.2) is 122 Å². The van der Waals surface area contributed by atoms with Crippen molar-refractivity contribution >= 4 is 61.2 Å². The molecule has 350 valence electrons. The summed E-state index contributed by atoms with van der Waals surface area (Å²) in [6, 6.07) is 21.0. The van der Waals surface area contributed by atoms with Gasteiger partial charge in [-0.3, -0.25) is 24.7 Å². The molecule has 1 amide bonds. The number of rotatable bonds is 16. The van der Waals surface area contributed by atoms with Crippen molar-refractivity contribution in [1.29, 1.82) is 0 Å². The van der Waals surface area contributed by atoms with E-state index in [4.69, 9.17) is 16.3 Å². The van der Waals surface area contributed by atoms with Crippen molar-refractivity contribution in [2.24, 2.45) is 5.41 Å².